The third kappa shape index (κ3) is 3.59. The van der Waals surface area contributed by atoms with Crippen molar-refractivity contribution >= 4 is 40.4 Å². The first-order valence-electron chi connectivity index (χ1n) is 7.94. The number of nitrogens with zero attached hydrogens (tertiary/aromatic N) is 3. The van der Waals surface area contributed by atoms with Gasteiger partial charge in [-0.3, -0.25) is 4.79 Å². The number of rotatable bonds is 3. The van der Waals surface area contributed by atoms with Crippen LogP contribution >= 0.6 is 34.5 Å². The number of carbonyl (C=O) groups is 1. The highest BCUT2D eigenvalue weighted by Gasteiger charge is 2.25. The number of benzene rings is 1. The van der Waals surface area contributed by atoms with Crippen LogP contribution in [0.4, 0.5) is 0 Å². The monoisotopic (exact) mass is 383 g/mol. The van der Waals surface area contributed by atoms with E-state index in [9.17, 15) is 4.79 Å². The second kappa shape index (κ2) is 7.40. The average molecular weight is 384 g/mol. The van der Waals surface area contributed by atoms with Crippen LogP contribution in [0.5, 0.6) is 0 Å². The lowest BCUT2D eigenvalue weighted by Gasteiger charge is -2.33. The van der Waals surface area contributed by atoms with Crippen molar-refractivity contribution in [2.75, 3.05) is 32.7 Å². The first-order valence-corrected chi connectivity index (χ1v) is 9.51. The van der Waals surface area contributed by atoms with Crippen molar-refractivity contribution in [2.45, 2.75) is 13.8 Å². The van der Waals surface area contributed by atoms with Crippen LogP contribution in [0.1, 0.15) is 22.3 Å². The zero-order chi connectivity index (χ0) is 17.3. The summed E-state index contributed by atoms with van der Waals surface area (Å²) in [5.74, 6) is 0.0603. The van der Waals surface area contributed by atoms with Gasteiger partial charge in [-0.25, -0.2) is 4.98 Å². The molecule has 0 radical (unpaired) electrons. The summed E-state index contributed by atoms with van der Waals surface area (Å²) in [5, 5.41) is 1.92. The molecule has 1 saturated heterocycles. The predicted molar refractivity (Wildman–Crippen MR) is 100 cm³/mol. The lowest BCUT2D eigenvalue weighted by atomic mass is 10.2. The summed E-state index contributed by atoms with van der Waals surface area (Å²) in [6.45, 7) is 8.41. The fourth-order valence-electron chi connectivity index (χ4n) is 2.78. The minimum atomic E-state index is 0.0603. The van der Waals surface area contributed by atoms with E-state index >= 15 is 0 Å². The van der Waals surface area contributed by atoms with Crippen molar-refractivity contribution in [1.82, 2.24) is 14.8 Å². The maximum atomic E-state index is 12.8. The maximum absolute atomic E-state index is 12.8. The van der Waals surface area contributed by atoms with Gasteiger partial charge >= 0.3 is 0 Å². The van der Waals surface area contributed by atoms with E-state index in [1.54, 1.807) is 18.2 Å². The van der Waals surface area contributed by atoms with Gasteiger partial charge in [-0.1, -0.05) is 30.1 Å². The van der Waals surface area contributed by atoms with E-state index < -0.39 is 0 Å². The molecule has 7 heteroatoms. The van der Waals surface area contributed by atoms with Crippen molar-refractivity contribution in [3.05, 3.63) is 38.8 Å². The van der Waals surface area contributed by atoms with Crippen LogP contribution in [0.15, 0.2) is 18.2 Å². The van der Waals surface area contributed by atoms with E-state index in [0.29, 0.717) is 14.9 Å². The number of hydrogen-bond acceptors (Lipinski definition) is 4. The summed E-state index contributed by atoms with van der Waals surface area (Å²) < 4.78 is 0. The summed E-state index contributed by atoms with van der Waals surface area (Å²) >= 11 is 13.7. The fraction of sp³-hybridized carbons (Fsp3) is 0.412. The van der Waals surface area contributed by atoms with E-state index in [4.69, 9.17) is 23.2 Å². The van der Waals surface area contributed by atoms with E-state index in [-0.39, 0.29) is 5.91 Å². The third-order valence-corrected chi connectivity index (χ3v) is 6.00. The molecule has 0 saturated carbocycles. The van der Waals surface area contributed by atoms with Crippen LogP contribution in [-0.4, -0.2) is 53.4 Å². The Morgan fingerprint density at radius 3 is 2.62 bits per heavy atom. The number of aryl methyl sites for hydroxylation is 1. The largest absolute Gasteiger partial charge is 0.335 e. The number of likely N-dealkylation sites (N-methyl/N-ethyl adjacent to an activating group) is 1. The van der Waals surface area contributed by atoms with E-state index in [1.165, 1.54) is 11.3 Å². The number of piperazine rings is 1. The van der Waals surface area contributed by atoms with Crippen molar-refractivity contribution < 1.29 is 4.79 Å². The Bertz CT molecular complexity index is 754. The zero-order valence-electron chi connectivity index (χ0n) is 13.7. The van der Waals surface area contributed by atoms with Crippen LogP contribution in [0.25, 0.3) is 10.6 Å². The van der Waals surface area contributed by atoms with Crippen LogP contribution < -0.4 is 0 Å². The molecule has 1 fully saturated rings. The van der Waals surface area contributed by atoms with Gasteiger partial charge < -0.3 is 9.80 Å². The van der Waals surface area contributed by atoms with E-state index in [2.05, 4.69) is 16.8 Å². The van der Waals surface area contributed by atoms with Gasteiger partial charge in [-0.05, 0) is 31.7 Å². The Kier molecular flexibility index (Phi) is 5.45. The molecule has 1 aromatic carbocycles. The van der Waals surface area contributed by atoms with Gasteiger partial charge in [0.2, 0.25) is 0 Å². The van der Waals surface area contributed by atoms with E-state index in [1.807, 2.05) is 11.8 Å². The summed E-state index contributed by atoms with van der Waals surface area (Å²) in [5.41, 5.74) is 1.51. The van der Waals surface area contributed by atoms with Crippen LogP contribution in [0.2, 0.25) is 10.0 Å². The first-order chi connectivity index (χ1) is 11.5. The molecule has 0 N–H and O–H groups in total. The van der Waals surface area contributed by atoms with Gasteiger partial charge in [0.1, 0.15) is 9.88 Å². The maximum Gasteiger partial charge on any atom is 0.265 e. The highest BCUT2D eigenvalue weighted by Crippen LogP contribution is 2.35. The Hall–Kier alpha value is -1.14. The molecular weight excluding hydrogens is 365 g/mol. The Labute approximate surface area is 156 Å². The smallest absolute Gasteiger partial charge is 0.265 e. The molecule has 1 aromatic heterocycles. The van der Waals surface area contributed by atoms with Crippen LogP contribution in [0, 0.1) is 6.92 Å². The normalized spacial score (nSPS) is 15.8. The average Bonchev–Trinajstić information content (AvgIpc) is 2.98. The molecule has 1 aliphatic heterocycles. The number of halogens is 2. The number of thiazole rings is 1. The minimum Gasteiger partial charge on any atom is -0.335 e. The van der Waals surface area contributed by atoms with Gasteiger partial charge in [-0.2, -0.15) is 0 Å². The number of amides is 1. The highest BCUT2D eigenvalue weighted by molar-refractivity contribution is 7.17. The van der Waals surface area contributed by atoms with Gasteiger partial charge in [-0.15, -0.1) is 11.3 Å². The standard InChI is InChI=1S/C17H19Cl2N3OS/c1-3-21-6-8-22(9-7-21)17(23)15-11(2)20-16(24-15)13-10-12(18)4-5-14(13)19/h4-5,10H,3,6-9H2,1-2H3. The number of hydrogen-bond donors (Lipinski definition) is 0. The molecule has 0 aliphatic carbocycles. The van der Waals surface area contributed by atoms with Crippen molar-refractivity contribution in [3.63, 3.8) is 0 Å². The third-order valence-electron chi connectivity index (χ3n) is 4.26. The quantitative estimate of drug-likeness (QED) is 0.796. The molecule has 0 atom stereocenters. The summed E-state index contributed by atoms with van der Waals surface area (Å²) in [6.07, 6.45) is 0. The lowest BCUT2D eigenvalue weighted by molar-refractivity contribution is 0.0647. The van der Waals surface area contributed by atoms with Gasteiger partial charge in [0.25, 0.3) is 5.91 Å². The molecule has 128 valence electrons. The zero-order valence-corrected chi connectivity index (χ0v) is 16.0. The Balaban J connectivity index is 1.84. The fourth-order valence-corrected chi connectivity index (χ4v) is 4.28. The first kappa shape index (κ1) is 17.7. The number of carbonyl (C=O) groups excluding carboxylic acids is 1. The van der Waals surface area contributed by atoms with E-state index in [0.717, 1.165) is 49.0 Å². The van der Waals surface area contributed by atoms with Crippen molar-refractivity contribution in [3.8, 4) is 10.6 Å². The topological polar surface area (TPSA) is 36.4 Å². The molecule has 1 aliphatic rings. The molecule has 0 unspecified atom stereocenters. The lowest BCUT2D eigenvalue weighted by Crippen LogP contribution is -2.48. The van der Waals surface area contributed by atoms with Gasteiger partial charge in [0.05, 0.1) is 10.7 Å². The molecule has 4 nitrogen and oxygen atoms in total. The molecular formula is C17H19Cl2N3OS. The summed E-state index contributed by atoms with van der Waals surface area (Å²) in [4.78, 5) is 22.3. The SMILES string of the molecule is CCN1CCN(C(=O)c2sc(-c3cc(Cl)ccc3Cl)nc2C)CC1. The second-order valence-electron chi connectivity index (χ2n) is 5.78. The van der Waals surface area contributed by atoms with Crippen LogP contribution in [0.3, 0.4) is 0 Å². The second-order valence-corrected chi connectivity index (χ2v) is 7.63. The molecule has 1 amide bonds. The summed E-state index contributed by atoms with van der Waals surface area (Å²) in [6, 6.07) is 5.28. The Morgan fingerprint density at radius 2 is 1.96 bits per heavy atom. The molecule has 2 aromatic rings. The molecule has 24 heavy (non-hydrogen) atoms. The Morgan fingerprint density at radius 1 is 1.25 bits per heavy atom. The molecule has 0 spiro atoms. The highest BCUT2D eigenvalue weighted by atomic mass is 35.5. The molecule has 3 rings (SSSR count). The predicted octanol–water partition coefficient (Wildman–Crippen LogP) is 4.20. The number of aromatic nitrogens is 1. The van der Waals surface area contributed by atoms with Gasteiger partial charge in [0, 0.05) is 36.8 Å². The minimum absolute atomic E-state index is 0.0603. The summed E-state index contributed by atoms with van der Waals surface area (Å²) in [7, 11) is 0. The molecule has 0 bridgehead atoms. The van der Waals surface area contributed by atoms with Gasteiger partial charge in [0.15, 0.2) is 0 Å². The molecule has 2 heterocycles. The van der Waals surface area contributed by atoms with Crippen molar-refractivity contribution in [2.24, 2.45) is 0 Å². The van der Waals surface area contributed by atoms with Crippen LogP contribution in [-0.2, 0) is 0 Å². The van der Waals surface area contributed by atoms with Crippen molar-refractivity contribution in [1.29, 1.82) is 0 Å².